The van der Waals surface area contributed by atoms with Crippen molar-refractivity contribution in [2.24, 2.45) is 16.6 Å². The third kappa shape index (κ3) is 11.8. The molecule has 0 radical (unpaired) electrons. The Kier molecular flexibility index (Phi) is 15.9. The standard InChI is InChI=1S/C50H58N12O8S/c51-46(65)45(34-26-61(28-56-60-49(52)69)39-17-8-5-14-33(34)39)62(43(64)20-2-1-11-21-53-42(63)19-10-9-18-41-44-38(27-71-41)58-50(70)59-44)40(23-30-25-55-36-16-7-4-13-32(30)36)47(66)57-37(48(67)68)22-29-24-54-35-15-6-3-12-31(29)35/h3-8,12-17,24-26,28,37-38,40-41,44-45,54-55H,1-2,9-11,18-23,27H2,(H2,51,65)(H,53,63)(H,57,66)(H,67,68)(H3,52,60,69)(H2,58,59,70)/t37-,38?,40-,41?,44?,45?/m0/s1. The summed E-state index contributed by atoms with van der Waals surface area (Å²) in [6.07, 6.45) is 10.0. The highest BCUT2D eigenvalue weighted by Crippen LogP contribution is 2.35. The SMILES string of the molecule is NC(=O)NN=Cn1cc(C(C(N)=O)N(C(=O)CCCCCNC(=O)CCCCC2SCC3NC(=O)NC32)[C@@H](Cc2c[nH]c3ccccc23)C(=O)N[C@@H](Cc2c[nH]c3ccccc23)C(=O)O)c2ccccc21. The van der Waals surface area contributed by atoms with Crippen LogP contribution in [0.5, 0.6) is 0 Å². The van der Waals surface area contributed by atoms with Gasteiger partial charge in [-0.25, -0.2) is 19.8 Å². The first-order valence-corrected chi connectivity index (χ1v) is 24.8. The average molecular weight is 987 g/mol. The van der Waals surface area contributed by atoms with E-state index in [-0.39, 0.29) is 48.8 Å². The molecule has 5 heterocycles. The number of carbonyl (C=O) groups is 7. The van der Waals surface area contributed by atoms with Gasteiger partial charge in [0.05, 0.1) is 17.6 Å². The number of fused-ring (bicyclic) bond motifs is 4. The number of nitrogens with one attached hydrogen (secondary N) is 7. The van der Waals surface area contributed by atoms with Gasteiger partial charge in [0.2, 0.25) is 23.6 Å². The van der Waals surface area contributed by atoms with Gasteiger partial charge in [-0.1, -0.05) is 67.4 Å². The number of H-pyrrole nitrogens is 2. The molecule has 0 saturated carbocycles. The molecule has 4 unspecified atom stereocenters. The van der Waals surface area contributed by atoms with Crippen LogP contribution in [0.3, 0.4) is 0 Å². The normalized spacial score (nSPS) is 17.6. The predicted octanol–water partition coefficient (Wildman–Crippen LogP) is 4.24. The quantitative estimate of drug-likeness (QED) is 0.0136. The number of aliphatic carboxylic acids is 1. The van der Waals surface area contributed by atoms with E-state index in [9.17, 15) is 29.1 Å². The van der Waals surface area contributed by atoms with E-state index in [1.807, 2.05) is 60.3 Å². The van der Waals surface area contributed by atoms with Gasteiger partial charge in [0, 0.05) is 94.6 Å². The first-order valence-electron chi connectivity index (χ1n) is 23.7. The Bertz CT molecular complexity index is 2960. The number of hydrazone groups is 1. The molecule has 2 saturated heterocycles. The van der Waals surface area contributed by atoms with Gasteiger partial charge < -0.3 is 57.3 Å². The number of rotatable bonds is 24. The number of primary amides is 2. The van der Waals surface area contributed by atoms with Crippen molar-refractivity contribution in [1.29, 1.82) is 0 Å². The molecule has 3 aromatic heterocycles. The fraction of sp³-hybridized carbons (Fsp3) is 0.360. The Labute approximate surface area is 412 Å². The number of carboxylic acids is 1. The lowest BCUT2D eigenvalue weighted by molar-refractivity contribution is -0.149. The summed E-state index contributed by atoms with van der Waals surface area (Å²) < 4.78 is 1.52. The summed E-state index contributed by atoms with van der Waals surface area (Å²) in [6.45, 7) is 0.380. The van der Waals surface area contributed by atoms with Crippen LogP contribution in [0.15, 0.2) is 96.5 Å². The van der Waals surface area contributed by atoms with Gasteiger partial charge in [0.15, 0.2) is 0 Å². The second kappa shape index (κ2) is 22.7. The zero-order chi connectivity index (χ0) is 50.0. The molecule has 0 aliphatic carbocycles. The number of amides is 8. The van der Waals surface area contributed by atoms with Crippen LogP contribution in [-0.4, -0.2) is 114 Å². The van der Waals surface area contributed by atoms with Crippen molar-refractivity contribution in [2.75, 3.05) is 12.3 Å². The van der Waals surface area contributed by atoms with Gasteiger partial charge >= 0.3 is 18.0 Å². The minimum atomic E-state index is -1.58. The van der Waals surface area contributed by atoms with Crippen molar-refractivity contribution >= 4 is 92.5 Å². The van der Waals surface area contributed by atoms with Crippen molar-refractivity contribution in [1.82, 2.24) is 46.1 Å². The molecular formula is C50H58N12O8S. The molecule has 0 spiro atoms. The Morgan fingerprint density at radius 3 is 2.18 bits per heavy atom. The van der Waals surface area contributed by atoms with Gasteiger partial charge in [0.1, 0.15) is 24.5 Å². The maximum Gasteiger partial charge on any atom is 0.332 e. The van der Waals surface area contributed by atoms with Gasteiger partial charge in [0.25, 0.3) is 0 Å². The lowest BCUT2D eigenvalue weighted by atomic mass is 9.95. The molecule has 2 aliphatic rings. The van der Waals surface area contributed by atoms with Gasteiger partial charge in [-0.15, -0.1) is 0 Å². The number of para-hydroxylation sites is 3. The Morgan fingerprint density at radius 2 is 1.49 bits per heavy atom. The van der Waals surface area contributed by atoms with E-state index in [4.69, 9.17) is 11.5 Å². The zero-order valence-corrected chi connectivity index (χ0v) is 39.7. The number of aromatic nitrogens is 3. The molecule has 2 aliphatic heterocycles. The third-order valence-corrected chi connectivity index (χ3v) is 14.7. The van der Waals surface area contributed by atoms with Crippen LogP contribution < -0.4 is 38.2 Å². The van der Waals surface area contributed by atoms with Crippen molar-refractivity contribution in [3.05, 3.63) is 108 Å². The van der Waals surface area contributed by atoms with Crippen LogP contribution in [0, 0.1) is 0 Å². The molecule has 21 heteroatoms. The molecule has 8 rings (SSSR count). The summed E-state index contributed by atoms with van der Waals surface area (Å²) in [5, 5.41) is 28.5. The first-order chi connectivity index (χ1) is 34.4. The molecular weight excluding hydrogens is 929 g/mol. The third-order valence-electron chi connectivity index (χ3n) is 13.2. The zero-order valence-electron chi connectivity index (χ0n) is 38.9. The number of thioether (sulfide) groups is 1. The summed E-state index contributed by atoms with van der Waals surface area (Å²) in [4.78, 5) is 101. The lowest BCUT2D eigenvalue weighted by Crippen LogP contribution is -2.57. The molecule has 20 nitrogen and oxygen atoms in total. The maximum atomic E-state index is 15.1. The van der Waals surface area contributed by atoms with Gasteiger partial charge in [-0.05, 0) is 55.0 Å². The fourth-order valence-corrected chi connectivity index (χ4v) is 11.3. The smallest absolute Gasteiger partial charge is 0.332 e. The number of carboxylic acid groups (broad SMARTS) is 1. The van der Waals surface area contributed by atoms with Crippen molar-refractivity contribution in [3.63, 3.8) is 0 Å². The van der Waals surface area contributed by atoms with Crippen LogP contribution in [0.2, 0.25) is 0 Å². The van der Waals surface area contributed by atoms with Crippen molar-refractivity contribution in [2.45, 2.75) is 99.7 Å². The molecule has 2 fully saturated rings. The monoisotopic (exact) mass is 986 g/mol. The van der Waals surface area contributed by atoms with E-state index in [0.29, 0.717) is 65.9 Å². The second-order valence-electron chi connectivity index (χ2n) is 17.9. The van der Waals surface area contributed by atoms with E-state index in [1.165, 1.54) is 22.0 Å². The molecule has 3 aromatic carbocycles. The molecule has 372 valence electrons. The van der Waals surface area contributed by atoms with E-state index in [1.54, 1.807) is 36.7 Å². The molecule has 6 atom stereocenters. The Morgan fingerprint density at radius 1 is 0.831 bits per heavy atom. The Hall–Kier alpha value is -7.81. The number of unbranched alkanes of at least 4 members (excludes halogenated alkanes) is 3. The number of nitrogens with two attached hydrogens (primary N) is 2. The van der Waals surface area contributed by atoms with Crippen LogP contribution >= 0.6 is 11.8 Å². The highest BCUT2D eigenvalue weighted by Gasteiger charge is 2.43. The number of urea groups is 2. The van der Waals surface area contributed by atoms with Crippen LogP contribution in [0.1, 0.15) is 74.1 Å². The Balaban J connectivity index is 1.04. The summed E-state index contributed by atoms with van der Waals surface area (Å²) in [5.41, 5.74) is 17.3. The summed E-state index contributed by atoms with van der Waals surface area (Å²) >= 11 is 1.84. The number of benzene rings is 3. The van der Waals surface area contributed by atoms with Crippen molar-refractivity contribution < 1.29 is 38.7 Å². The van der Waals surface area contributed by atoms with E-state index >= 15 is 9.59 Å². The minimum Gasteiger partial charge on any atom is -0.480 e. The summed E-state index contributed by atoms with van der Waals surface area (Å²) in [7, 11) is 0. The minimum absolute atomic E-state index is 0.0746. The van der Waals surface area contributed by atoms with E-state index < -0.39 is 47.8 Å². The molecule has 8 amide bonds. The van der Waals surface area contributed by atoms with E-state index in [2.05, 4.69) is 41.8 Å². The summed E-state index contributed by atoms with van der Waals surface area (Å²) in [5.74, 6) is -2.89. The fourth-order valence-electron chi connectivity index (χ4n) is 9.75. The van der Waals surface area contributed by atoms with Crippen LogP contribution in [0.25, 0.3) is 32.7 Å². The number of carbonyl (C=O) groups excluding carboxylic acids is 6. The largest absolute Gasteiger partial charge is 0.480 e. The number of aromatic amines is 2. The van der Waals surface area contributed by atoms with E-state index in [0.717, 1.165) is 40.4 Å². The molecule has 0 bridgehead atoms. The summed E-state index contributed by atoms with van der Waals surface area (Å²) in [6, 6.07) is 16.4. The topological polar surface area (TPSA) is 304 Å². The number of nitrogens with zero attached hydrogens (tertiary/aromatic N) is 3. The first kappa shape index (κ1) is 49.6. The highest BCUT2D eigenvalue weighted by atomic mass is 32.2. The van der Waals surface area contributed by atoms with Crippen molar-refractivity contribution in [3.8, 4) is 0 Å². The van der Waals surface area contributed by atoms with Crippen LogP contribution in [0.4, 0.5) is 9.59 Å². The number of hydrogen-bond acceptors (Lipinski definition) is 9. The van der Waals surface area contributed by atoms with Gasteiger partial charge in [-0.2, -0.15) is 16.9 Å². The lowest BCUT2D eigenvalue weighted by Gasteiger charge is -2.36. The van der Waals surface area contributed by atoms with Gasteiger partial charge in [-0.3, -0.25) is 19.2 Å². The second-order valence-corrected chi connectivity index (χ2v) is 19.2. The highest BCUT2D eigenvalue weighted by molar-refractivity contribution is 8.00. The number of hydrogen-bond donors (Lipinski definition) is 10. The molecule has 71 heavy (non-hydrogen) atoms. The molecule has 6 aromatic rings. The van der Waals surface area contributed by atoms with Crippen LogP contribution in [-0.2, 0) is 36.8 Å². The average Bonchev–Trinajstić information content (AvgIpc) is 4.19. The molecule has 12 N–H and O–H groups in total. The predicted molar refractivity (Wildman–Crippen MR) is 270 cm³/mol. The maximum absolute atomic E-state index is 15.1.